The van der Waals surface area contributed by atoms with Crippen molar-refractivity contribution in [3.63, 3.8) is 0 Å². The molecule has 12 heteroatoms. The largest absolute Gasteiger partial charge is 0.361 e. The molecule has 0 spiro atoms. The zero-order valence-electron chi connectivity index (χ0n) is 26.6. The van der Waals surface area contributed by atoms with Crippen molar-refractivity contribution >= 4 is 52.0 Å². The fraction of sp³-hybridized carbons (Fsp3) is 0.343. The molecule has 0 saturated carbocycles. The summed E-state index contributed by atoms with van der Waals surface area (Å²) in [4.78, 5) is 48.3. The number of nitrogens with one attached hydrogen (secondary N) is 4. The van der Waals surface area contributed by atoms with E-state index < -0.39 is 24.0 Å². The van der Waals surface area contributed by atoms with Gasteiger partial charge < -0.3 is 37.3 Å². The second-order valence-electron chi connectivity index (χ2n) is 11.9. The summed E-state index contributed by atoms with van der Waals surface area (Å²) in [5.41, 5.74) is 16.7. The van der Waals surface area contributed by atoms with E-state index in [-0.39, 0.29) is 31.3 Å². The number of halogens is 1. The van der Waals surface area contributed by atoms with Crippen LogP contribution in [0.3, 0.4) is 0 Å². The molecule has 3 amide bonds. The van der Waals surface area contributed by atoms with Crippen molar-refractivity contribution in [2.75, 3.05) is 20.1 Å². The van der Waals surface area contributed by atoms with Crippen LogP contribution in [-0.4, -0.2) is 65.9 Å². The summed E-state index contributed by atoms with van der Waals surface area (Å²) in [6.45, 7) is 2.92. The minimum atomic E-state index is -1.03. The third-order valence-electron chi connectivity index (χ3n) is 8.52. The van der Waals surface area contributed by atoms with Gasteiger partial charge in [0.25, 0.3) is 0 Å². The first-order chi connectivity index (χ1) is 22.7. The van der Waals surface area contributed by atoms with Gasteiger partial charge in [0.15, 0.2) is 0 Å². The van der Waals surface area contributed by atoms with Crippen LogP contribution in [-0.2, 0) is 33.9 Å². The van der Waals surface area contributed by atoms with Gasteiger partial charge in [-0.1, -0.05) is 53.7 Å². The van der Waals surface area contributed by atoms with Crippen molar-refractivity contribution in [3.8, 4) is 0 Å². The average Bonchev–Trinajstić information content (AvgIpc) is 3.46. The Morgan fingerprint density at radius 1 is 0.936 bits per heavy atom. The second-order valence-corrected chi connectivity index (χ2v) is 13.4. The number of likely N-dealkylation sites (N-methyl/N-ethyl adjacent to an activating group) is 1. The molecule has 0 unspecified atom stereocenters. The highest BCUT2D eigenvalue weighted by atomic mass is 35.5. The predicted octanol–water partition coefficient (Wildman–Crippen LogP) is 3.62. The first-order valence-corrected chi connectivity index (χ1v) is 17.0. The van der Waals surface area contributed by atoms with Crippen molar-refractivity contribution < 1.29 is 14.4 Å². The number of benzene rings is 3. The molecule has 10 nitrogen and oxygen atoms in total. The molecule has 3 atom stereocenters. The quantitative estimate of drug-likeness (QED) is 0.182. The van der Waals surface area contributed by atoms with Gasteiger partial charge in [0.1, 0.15) is 12.1 Å². The first-order valence-electron chi connectivity index (χ1n) is 15.8. The molecule has 1 aromatic heterocycles. The first kappa shape index (κ1) is 34.5. The molecule has 0 aliphatic carbocycles. The Labute approximate surface area is 284 Å². The third kappa shape index (κ3) is 8.35. The van der Waals surface area contributed by atoms with Crippen molar-refractivity contribution in [3.05, 3.63) is 94.1 Å². The number of amides is 3. The normalized spacial score (nSPS) is 19.9. The highest BCUT2D eigenvalue weighted by Crippen LogP contribution is 2.34. The van der Waals surface area contributed by atoms with Crippen molar-refractivity contribution in [2.45, 2.75) is 67.2 Å². The SMILES string of the molecule is Cc1ccc2c(C[C@H]3C(=O)NCc4cc(Cl)ccc4Sc4ccccc4CN[C@@H](CCCN)C(=O)N[C@@H](CN)C(=O)N3C)c[nH]c2c1. The van der Waals surface area contributed by atoms with Crippen LogP contribution in [0.4, 0.5) is 0 Å². The van der Waals surface area contributed by atoms with E-state index in [9.17, 15) is 14.4 Å². The number of nitrogens with zero attached hydrogens (tertiary/aromatic N) is 1. The molecule has 4 aromatic rings. The summed E-state index contributed by atoms with van der Waals surface area (Å²) in [6, 6.07) is 17.1. The van der Waals surface area contributed by atoms with Crippen LogP contribution >= 0.6 is 23.4 Å². The smallest absolute Gasteiger partial charge is 0.246 e. The van der Waals surface area contributed by atoms with E-state index in [2.05, 4.69) is 20.9 Å². The van der Waals surface area contributed by atoms with E-state index in [1.165, 1.54) is 4.90 Å². The Bertz CT molecular complexity index is 1750. The Balaban J connectivity index is 1.54. The van der Waals surface area contributed by atoms with Crippen LogP contribution in [0.25, 0.3) is 10.9 Å². The maximum absolute atomic E-state index is 14.1. The number of rotatable bonds is 6. The number of H-pyrrole nitrogens is 1. The van der Waals surface area contributed by atoms with E-state index in [1.54, 1.807) is 18.8 Å². The Hall–Kier alpha value is -3.87. The molecule has 2 heterocycles. The molecule has 8 N–H and O–H groups in total. The van der Waals surface area contributed by atoms with Crippen molar-refractivity contribution in [1.29, 1.82) is 0 Å². The molecule has 3 aromatic carbocycles. The van der Waals surface area contributed by atoms with E-state index in [0.29, 0.717) is 31.0 Å². The predicted molar refractivity (Wildman–Crippen MR) is 187 cm³/mol. The third-order valence-corrected chi connectivity index (χ3v) is 10.00. The molecule has 0 fully saturated rings. The number of aromatic nitrogens is 1. The van der Waals surface area contributed by atoms with Gasteiger partial charge in [-0.25, -0.2) is 0 Å². The lowest BCUT2D eigenvalue weighted by atomic mass is 10.0. The molecule has 0 bridgehead atoms. The van der Waals surface area contributed by atoms with Gasteiger partial charge in [-0.15, -0.1) is 0 Å². The van der Waals surface area contributed by atoms with Crippen LogP contribution in [0.2, 0.25) is 5.02 Å². The molecule has 248 valence electrons. The highest BCUT2D eigenvalue weighted by Gasteiger charge is 2.33. The van der Waals surface area contributed by atoms with Gasteiger partial charge in [-0.05, 0) is 78.9 Å². The van der Waals surface area contributed by atoms with E-state index in [1.807, 2.05) is 73.8 Å². The molecular weight excluding hydrogens is 634 g/mol. The molecule has 0 saturated heterocycles. The topological polar surface area (TPSA) is 158 Å². The fourth-order valence-corrected chi connectivity index (χ4v) is 7.06. The number of hydrogen-bond donors (Lipinski definition) is 6. The zero-order valence-corrected chi connectivity index (χ0v) is 28.2. The van der Waals surface area contributed by atoms with Crippen molar-refractivity contribution in [2.24, 2.45) is 11.5 Å². The fourth-order valence-electron chi connectivity index (χ4n) is 5.81. The number of hydrogen-bond acceptors (Lipinski definition) is 7. The lowest BCUT2D eigenvalue weighted by Gasteiger charge is -2.31. The number of fused-ring (bicyclic) bond motifs is 3. The zero-order chi connectivity index (χ0) is 33.5. The highest BCUT2D eigenvalue weighted by molar-refractivity contribution is 7.99. The standard InChI is InChI=1S/C35H42ClN7O3S/c1-21-9-11-26-23(19-40-28(26)14-21)16-30-34(45)41-20-24-15-25(36)10-12-32(24)47-31-8-4-3-6-22(31)18-39-27(7-5-13-37)33(44)42-29(17-38)35(46)43(30)2/h3-4,6,8-12,14-15,19,27,29-30,39-40H,5,7,13,16-18,20,37-38H2,1-2H3,(H,41,45)(H,42,44)/t27-,29-,30-/m0/s1. The summed E-state index contributed by atoms with van der Waals surface area (Å²) >= 11 is 8.00. The number of aryl methyl sites for hydroxylation is 1. The van der Waals surface area contributed by atoms with Gasteiger partial charge >= 0.3 is 0 Å². The number of nitrogens with two attached hydrogens (primary N) is 2. The monoisotopic (exact) mass is 675 g/mol. The maximum atomic E-state index is 14.1. The summed E-state index contributed by atoms with van der Waals surface area (Å²) in [6.07, 6.45) is 3.21. The van der Waals surface area contributed by atoms with E-state index >= 15 is 0 Å². The summed E-state index contributed by atoms with van der Waals surface area (Å²) in [5.74, 6) is -1.14. The molecular formula is C35H42ClN7O3S. The molecule has 0 radical (unpaired) electrons. The number of carbonyl (C=O) groups excluding carboxylic acids is 3. The van der Waals surface area contributed by atoms with Crippen molar-refractivity contribution in [1.82, 2.24) is 25.8 Å². The lowest BCUT2D eigenvalue weighted by molar-refractivity contribution is -0.141. The summed E-state index contributed by atoms with van der Waals surface area (Å²) in [7, 11) is 1.58. The molecule has 5 rings (SSSR count). The Morgan fingerprint density at radius 3 is 2.51 bits per heavy atom. The number of carbonyl (C=O) groups is 3. The molecule has 1 aliphatic rings. The maximum Gasteiger partial charge on any atom is 0.246 e. The van der Waals surface area contributed by atoms with Crippen LogP contribution in [0.1, 0.15) is 35.1 Å². The van der Waals surface area contributed by atoms with E-state index in [4.69, 9.17) is 23.1 Å². The lowest BCUT2D eigenvalue weighted by Crippen LogP contribution is -2.59. The average molecular weight is 676 g/mol. The van der Waals surface area contributed by atoms with Gasteiger partial charge in [-0.2, -0.15) is 0 Å². The minimum Gasteiger partial charge on any atom is -0.361 e. The number of aromatic amines is 1. The van der Waals surface area contributed by atoms with Crippen LogP contribution in [0.15, 0.2) is 76.7 Å². The van der Waals surface area contributed by atoms with Crippen LogP contribution in [0.5, 0.6) is 0 Å². The Morgan fingerprint density at radius 2 is 1.72 bits per heavy atom. The molecule has 47 heavy (non-hydrogen) atoms. The minimum absolute atomic E-state index is 0.134. The van der Waals surface area contributed by atoms with Gasteiger partial charge in [0.2, 0.25) is 17.7 Å². The van der Waals surface area contributed by atoms with Gasteiger partial charge in [0.05, 0.1) is 6.04 Å². The van der Waals surface area contributed by atoms with Crippen LogP contribution in [0, 0.1) is 6.92 Å². The summed E-state index contributed by atoms with van der Waals surface area (Å²) < 4.78 is 0. The second kappa shape index (κ2) is 15.8. The van der Waals surface area contributed by atoms with E-state index in [0.717, 1.165) is 42.9 Å². The summed E-state index contributed by atoms with van der Waals surface area (Å²) in [5, 5.41) is 10.8. The Kier molecular flexibility index (Phi) is 11.6. The van der Waals surface area contributed by atoms with Crippen LogP contribution < -0.4 is 27.4 Å². The van der Waals surface area contributed by atoms with Gasteiger partial charge in [-0.3, -0.25) is 14.4 Å². The molecule has 1 aliphatic heterocycles. The van der Waals surface area contributed by atoms with Gasteiger partial charge in [0, 0.05) is 65.0 Å².